The fourth-order valence-corrected chi connectivity index (χ4v) is 5.84. The van der Waals surface area contributed by atoms with Crippen LogP contribution < -0.4 is 10.6 Å². The molecule has 0 radical (unpaired) electrons. The molecule has 2 fully saturated rings. The zero-order chi connectivity index (χ0) is 25.1. The molecule has 1 aromatic carbocycles. The van der Waals surface area contributed by atoms with Crippen molar-refractivity contribution in [1.29, 1.82) is 0 Å². The van der Waals surface area contributed by atoms with Gasteiger partial charge in [0.1, 0.15) is 17.1 Å². The second kappa shape index (κ2) is 10.9. The normalized spacial score (nSPS) is 20.2. The molecule has 0 spiro atoms. The molecular weight excluding hydrogens is 500 g/mol. The van der Waals surface area contributed by atoms with E-state index >= 15 is 0 Å². The summed E-state index contributed by atoms with van der Waals surface area (Å²) in [5.74, 6) is 1.60. The molecule has 2 N–H and O–H groups in total. The lowest BCUT2D eigenvalue weighted by Gasteiger charge is -2.33. The highest BCUT2D eigenvalue weighted by Gasteiger charge is 2.33. The molecular formula is C26H27ClN4O4S. The minimum atomic E-state index is -0.523. The van der Waals surface area contributed by atoms with Crippen molar-refractivity contribution in [2.24, 2.45) is 11.8 Å². The molecule has 1 saturated carbocycles. The Labute approximate surface area is 218 Å². The van der Waals surface area contributed by atoms with Crippen molar-refractivity contribution >= 4 is 63.6 Å². The Kier molecular flexibility index (Phi) is 7.48. The quantitative estimate of drug-likeness (QED) is 0.482. The third kappa shape index (κ3) is 5.37. The molecule has 0 bridgehead atoms. The van der Waals surface area contributed by atoms with Crippen LogP contribution in [-0.4, -0.2) is 52.2 Å². The molecule has 2 aromatic heterocycles. The van der Waals surface area contributed by atoms with Crippen LogP contribution in [0.5, 0.6) is 0 Å². The molecule has 1 saturated heterocycles. The zero-order valence-electron chi connectivity index (χ0n) is 19.7. The highest BCUT2D eigenvalue weighted by Crippen LogP contribution is 2.35. The average molecular weight is 527 g/mol. The van der Waals surface area contributed by atoms with Gasteiger partial charge in [-0.05, 0) is 49.9 Å². The summed E-state index contributed by atoms with van der Waals surface area (Å²) in [4.78, 5) is 45.2. The van der Waals surface area contributed by atoms with Crippen molar-refractivity contribution in [3.8, 4) is 0 Å². The summed E-state index contributed by atoms with van der Waals surface area (Å²) in [5.41, 5.74) is 0.835. The molecule has 3 amide bonds. The van der Waals surface area contributed by atoms with Gasteiger partial charge in [-0.25, -0.2) is 4.98 Å². The van der Waals surface area contributed by atoms with Crippen LogP contribution in [0, 0.1) is 11.8 Å². The Bertz CT molecular complexity index is 1260. The van der Waals surface area contributed by atoms with E-state index in [1.807, 2.05) is 22.7 Å². The fourth-order valence-electron chi connectivity index (χ4n) is 4.82. The number of hydrogen-bond donors (Lipinski definition) is 2. The summed E-state index contributed by atoms with van der Waals surface area (Å²) < 4.78 is 5.83. The lowest BCUT2D eigenvalue weighted by Crippen LogP contribution is -2.43. The number of amides is 3. The van der Waals surface area contributed by atoms with Crippen molar-refractivity contribution in [2.75, 3.05) is 35.2 Å². The summed E-state index contributed by atoms with van der Waals surface area (Å²) in [7, 11) is 0. The number of hydrogen-bond acceptors (Lipinski definition) is 6. The largest absolute Gasteiger partial charge is 0.449 e. The number of carbonyl (C=O) groups is 3. The van der Waals surface area contributed by atoms with Gasteiger partial charge in [0.25, 0.3) is 5.91 Å². The molecule has 188 valence electrons. The van der Waals surface area contributed by atoms with Gasteiger partial charge < -0.3 is 20.0 Å². The number of furan rings is 1. The van der Waals surface area contributed by atoms with Crippen molar-refractivity contribution in [2.45, 2.75) is 25.7 Å². The number of rotatable bonds is 5. The number of halogens is 1. The smallest absolute Gasteiger partial charge is 0.294 e. The Balaban J connectivity index is 1.28. The second-order valence-electron chi connectivity index (χ2n) is 9.09. The zero-order valence-corrected chi connectivity index (χ0v) is 21.2. The molecule has 3 aromatic rings. The summed E-state index contributed by atoms with van der Waals surface area (Å²) in [6, 6.07) is 10.4. The molecule has 1 aliphatic carbocycles. The van der Waals surface area contributed by atoms with Crippen molar-refractivity contribution in [3.05, 3.63) is 53.4 Å². The first-order valence-corrected chi connectivity index (χ1v) is 13.6. The monoisotopic (exact) mass is 526 g/mol. The molecule has 5 rings (SSSR count). The molecule has 10 heteroatoms. The molecule has 0 atom stereocenters. The lowest BCUT2D eigenvalue weighted by molar-refractivity contribution is -0.137. The van der Waals surface area contributed by atoms with Crippen LogP contribution in [0.4, 0.5) is 11.5 Å². The SMILES string of the molecule is O=C(Nc1ccc(Cl)cn1)c1oc2ccccc2c1NC(=O)[C@H]1CC[C@H](C(=O)N2CCSCC2)CC1. The van der Waals surface area contributed by atoms with Gasteiger partial charge in [0.15, 0.2) is 0 Å². The van der Waals surface area contributed by atoms with E-state index in [4.69, 9.17) is 16.0 Å². The van der Waals surface area contributed by atoms with Crippen LogP contribution in [0.2, 0.25) is 5.02 Å². The van der Waals surface area contributed by atoms with Crippen LogP contribution in [0.25, 0.3) is 11.0 Å². The van der Waals surface area contributed by atoms with Gasteiger partial charge in [0.2, 0.25) is 17.6 Å². The predicted octanol–water partition coefficient (Wildman–Crippen LogP) is 5.05. The van der Waals surface area contributed by atoms with E-state index in [0.717, 1.165) is 24.6 Å². The Morgan fingerprint density at radius 2 is 1.69 bits per heavy atom. The number of anilines is 2. The number of fused-ring (bicyclic) bond motifs is 1. The molecule has 36 heavy (non-hydrogen) atoms. The summed E-state index contributed by atoms with van der Waals surface area (Å²) in [6.45, 7) is 1.63. The van der Waals surface area contributed by atoms with Gasteiger partial charge in [0, 0.05) is 48.0 Å². The van der Waals surface area contributed by atoms with Gasteiger partial charge >= 0.3 is 0 Å². The maximum absolute atomic E-state index is 13.2. The molecule has 3 heterocycles. The van der Waals surface area contributed by atoms with Crippen molar-refractivity contribution in [1.82, 2.24) is 9.88 Å². The van der Waals surface area contributed by atoms with Gasteiger partial charge in [-0.1, -0.05) is 23.7 Å². The maximum Gasteiger partial charge on any atom is 0.294 e. The average Bonchev–Trinajstić information content (AvgIpc) is 3.28. The van der Waals surface area contributed by atoms with E-state index in [1.165, 1.54) is 6.20 Å². The summed E-state index contributed by atoms with van der Waals surface area (Å²) in [6.07, 6.45) is 4.10. The van der Waals surface area contributed by atoms with E-state index < -0.39 is 5.91 Å². The molecule has 2 aliphatic rings. The van der Waals surface area contributed by atoms with Crippen LogP contribution in [0.3, 0.4) is 0 Å². The Hall–Kier alpha value is -3.04. The van der Waals surface area contributed by atoms with E-state index in [0.29, 0.717) is 53.2 Å². The maximum atomic E-state index is 13.2. The van der Waals surface area contributed by atoms with E-state index in [-0.39, 0.29) is 29.4 Å². The van der Waals surface area contributed by atoms with E-state index in [2.05, 4.69) is 15.6 Å². The van der Waals surface area contributed by atoms with Crippen molar-refractivity contribution in [3.63, 3.8) is 0 Å². The number of thioether (sulfide) groups is 1. The first-order chi connectivity index (χ1) is 17.5. The van der Waals surface area contributed by atoms with Crippen LogP contribution in [-0.2, 0) is 9.59 Å². The fraction of sp³-hybridized carbons (Fsp3) is 0.385. The highest BCUT2D eigenvalue weighted by atomic mass is 35.5. The number of pyridine rings is 1. The van der Waals surface area contributed by atoms with Crippen LogP contribution >= 0.6 is 23.4 Å². The summed E-state index contributed by atoms with van der Waals surface area (Å²) >= 11 is 7.76. The summed E-state index contributed by atoms with van der Waals surface area (Å²) in [5, 5.41) is 6.74. The first kappa shape index (κ1) is 24.6. The number of aromatic nitrogens is 1. The molecule has 0 unspecified atom stereocenters. The number of nitrogens with zero attached hydrogens (tertiary/aromatic N) is 2. The van der Waals surface area contributed by atoms with Crippen LogP contribution in [0.1, 0.15) is 36.2 Å². The minimum Gasteiger partial charge on any atom is -0.449 e. The topological polar surface area (TPSA) is 105 Å². The lowest BCUT2D eigenvalue weighted by atomic mass is 9.81. The number of benzene rings is 1. The number of para-hydroxylation sites is 1. The Morgan fingerprint density at radius 3 is 2.42 bits per heavy atom. The molecule has 1 aliphatic heterocycles. The number of nitrogens with one attached hydrogen (secondary N) is 2. The standard InChI is InChI=1S/C26H27ClN4O4S/c27-18-9-10-21(28-15-18)29-25(33)23-22(19-3-1-2-4-20(19)35-23)30-24(32)16-5-7-17(8-6-16)26(34)31-11-13-36-14-12-31/h1-4,9-10,15-17H,5-8,11-14H2,(H,30,32)(H,28,29,33)/t16-,17-. The third-order valence-electron chi connectivity index (χ3n) is 6.79. The molecule has 8 nitrogen and oxygen atoms in total. The van der Waals surface area contributed by atoms with Crippen LogP contribution in [0.15, 0.2) is 47.0 Å². The van der Waals surface area contributed by atoms with Gasteiger partial charge in [0.05, 0.1) is 5.02 Å². The highest BCUT2D eigenvalue weighted by molar-refractivity contribution is 7.99. The second-order valence-corrected chi connectivity index (χ2v) is 10.8. The van der Waals surface area contributed by atoms with Crippen molar-refractivity contribution < 1.29 is 18.8 Å². The van der Waals surface area contributed by atoms with E-state index in [9.17, 15) is 14.4 Å². The first-order valence-electron chi connectivity index (χ1n) is 12.1. The predicted molar refractivity (Wildman–Crippen MR) is 141 cm³/mol. The Morgan fingerprint density at radius 1 is 0.972 bits per heavy atom. The van der Waals surface area contributed by atoms with Gasteiger partial charge in [-0.15, -0.1) is 0 Å². The van der Waals surface area contributed by atoms with E-state index in [1.54, 1.807) is 30.3 Å². The third-order valence-corrected chi connectivity index (χ3v) is 7.95. The van der Waals surface area contributed by atoms with Gasteiger partial charge in [-0.3, -0.25) is 14.4 Å². The van der Waals surface area contributed by atoms with Gasteiger partial charge in [-0.2, -0.15) is 11.8 Å². The minimum absolute atomic E-state index is 0.00753. The number of carbonyl (C=O) groups excluding carboxylic acids is 3.